The molecule has 1 aromatic rings. The van der Waals surface area contributed by atoms with Gasteiger partial charge in [-0.25, -0.2) is 0 Å². The summed E-state index contributed by atoms with van der Waals surface area (Å²) in [6, 6.07) is 4.67. The second-order valence-electron chi connectivity index (χ2n) is 2.94. The molecule has 0 bridgehead atoms. The molecule has 0 atom stereocenters. The highest BCUT2D eigenvalue weighted by atomic mass is 35.5. The Morgan fingerprint density at radius 2 is 2.20 bits per heavy atom. The largest absolute Gasteiger partial charge is 0.488 e. The van der Waals surface area contributed by atoms with Gasteiger partial charge in [-0.05, 0) is 17.1 Å². The molecule has 0 heterocycles. The summed E-state index contributed by atoms with van der Waals surface area (Å²) in [6.07, 6.45) is 0.443. The van der Waals surface area contributed by atoms with Crippen LogP contribution in [-0.4, -0.2) is 30.2 Å². The van der Waals surface area contributed by atoms with E-state index >= 15 is 0 Å². The van der Waals surface area contributed by atoms with Gasteiger partial charge >= 0.3 is 7.12 Å². The summed E-state index contributed by atoms with van der Waals surface area (Å²) in [4.78, 5) is 9.92. The maximum atomic E-state index is 9.92. The molecule has 80 valence electrons. The van der Waals surface area contributed by atoms with Crippen molar-refractivity contribution < 1.29 is 19.6 Å². The van der Waals surface area contributed by atoms with E-state index in [0.29, 0.717) is 28.9 Å². The van der Waals surface area contributed by atoms with Crippen molar-refractivity contribution in [1.82, 2.24) is 0 Å². The Bertz CT molecular complexity index is 343. The molecule has 0 saturated heterocycles. The van der Waals surface area contributed by atoms with E-state index in [9.17, 15) is 4.79 Å². The molecule has 0 fully saturated rings. The fraction of sp³-hybridized carbons (Fsp3) is 0.222. The smallest absolute Gasteiger partial charge is 0.468 e. The lowest BCUT2D eigenvalue weighted by Crippen LogP contribution is -2.30. The minimum Gasteiger partial charge on any atom is -0.468 e. The molecule has 0 aliphatic rings. The summed E-state index contributed by atoms with van der Waals surface area (Å²) in [5.74, 6) is 0. The van der Waals surface area contributed by atoms with Crippen molar-refractivity contribution in [2.24, 2.45) is 0 Å². The number of halogens is 1. The van der Waals surface area contributed by atoms with Gasteiger partial charge in [0.05, 0.1) is 6.61 Å². The third-order valence-corrected chi connectivity index (χ3v) is 2.29. The van der Waals surface area contributed by atoms with Crippen molar-refractivity contribution in [1.29, 1.82) is 0 Å². The zero-order valence-corrected chi connectivity index (χ0v) is 8.65. The van der Waals surface area contributed by atoms with E-state index < -0.39 is 7.12 Å². The van der Waals surface area contributed by atoms with E-state index in [-0.39, 0.29) is 6.61 Å². The van der Waals surface area contributed by atoms with Gasteiger partial charge in [0.25, 0.3) is 6.47 Å². The Labute approximate surface area is 92.6 Å². The van der Waals surface area contributed by atoms with Crippen LogP contribution in [0.5, 0.6) is 0 Å². The summed E-state index contributed by atoms with van der Waals surface area (Å²) in [7, 11) is -1.52. The van der Waals surface area contributed by atoms with Gasteiger partial charge in [-0.15, -0.1) is 0 Å². The molecule has 0 unspecified atom stereocenters. The van der Waals surface area contributed by atoms with Gasteiger partial charge in [0.1, 0.15) is 0 Å². The van der Waals surface area contributed by atoms with E-state index in [1.54, 1.807) is 12.1 Å². The Kier molecular flexibility index (Phi) is 4.61. The van der Waals surface area contributed by atoms with Crippen molar-refractivity contribution in [3.63, 3.8) is 0 Å². The highest BCUT2D eigenvalue weighted by Crippen LogP contribution is 2.14. The second-order valence-corrected chi connectivity index (χ2v) is 3.35. The first-order valence-corrected chi connectivity index (χ1v) is 4.72. The van der Waals surface area contributed by atoms with Crippen molar-refractivity contribution in [3.05, 3.63) is 28.8 Å². The molecule has 0 spiro atoms. The van der Waals surface area contributed by atoms with Gasteiger partial charge in [0.15, 0.2) is 0 Å². The highest BCUT2D eigenvalue weighted by Gasteiger charge is 2.12. The van der Waals surface area contributed by atoms with E-state index in [1.165, 1.54) is 6.07 Å². The van der Waals surface area contributed by atoms with Gasteiger partial charge in [0.2, 0.25) is 0 Å². The molecule has 2 N–H and O–H groups in total. The summed E-state index contributed by atoms with van der Waals surface area (Å²) in [5.41, 5.74) is 1.07. The van der Waals surface area contributed by atoms with Gasteiger partial charge in [-0.3, -0.25) is 4.79 Å². The number of hydrogen-bond donors (Lipinski definition) is 2. The van der Waals surface area contributed by atoms with Crippen LogP contribution in [0.2, 0.25) is 5.02 Å². The van der Waals surface area contributed by atoms with Crippen LogP contribution >= 0.6 is 11.6 Å². The molecular formula is C9H10BClO4. The summed E-state index contributed by atoms with van der Waals surface area (Å²) in [5, 5.41) is 18.4. The third kappa shape index (κ3) is 3.55. The molecule has 0 amide bonds. The first-order chi connectivity index (χ1) is 7.15. The third-order valence-electron chi connectivity index (χ3n) is 1.93. The molecule has 0 radical (unpaired) electrons. The molecule has 1 rings (SSSR count). The van der Waals surface area contributed by atoms with Crippen LogP contribution in [0.15, 0.2) is 18.2 Å². The van der Waals surface area contributed by atoms with Gasteiger partial charge in [0, 0.05) is 11.4 Å². The average Bonchev–Trinajstić information content (AvgIpc) is 2.20. The number of benzene rings is 1. The highest BCUT2D eigenvalue weighted by molar-refractivity contribution is 6.58. The maximum absolute atomic E-state index is 9.92. The Balaban J connectivity index is 2.76. The van der Waals surface area contributed by atoms with Crippen LogP contribution in [0.4, 0.5) is 0 Å². The Hall–Kier alpha value is -1.04. The minimum atomic E-state index is -1.52. The molecule has 0 aliphatic carbocycles. The Morgan fingerprint density at radius 1 is 1.47 bits per heavy atom. The normalized spacial score (nSPS) is 9.80. The lowest BCUT2D eigenvalue weighted by molar-refractivity contribution is -0.128. The quantitative estimate of drug-likeness (QED) is 0.414. The number of ether oxygens (including phenoxy) is 1. The first kappa shape index (κ1) is 12.0. The van der Waals surface area contributed by atoms with Gasteiger partial charge < -0.3 is 14.8 Å². The van der Waals surface area contributed by atoms with Crippen molar-refractivity contribution in [2.75, 3.05) is 6.61 Å². The summed E-state index contributed by atoms with van der Waals surface area (Å²) < 4.78 is 4.53. The van der Waals surface area contributed by atoms with Crippen LogP contribution in [0.25, 0.3) is 0 Å². The number of carbonyl (C=O) groups excluding carboxylic acids is 1. The molecule has 4 nitrogen and oxygen atoms in total. The molecular weight excluding hydrogens is 218 g/mol. The fourth-order valence-corrected chi connectivity index (χ4v) is 1.38. The first-order valence-electron chi connectivity index (χ1n) is 4.35. The van der Waals surface area contributed by atoms with Crippen LogP contribution in [0.3, 0.4) is 0 Å². The van der Waals surface area contributed by atoms with E-state index in [1.807, 2.05) is 0 Å². The van der Waals surface area contributed by atoms with Crippen molar-refractivity contribution in [2.45, 2.75) is 6.42 Å². The summed E-state index contributed by atoms with van der Waals surface area (Å²) >= 11 is 5.87. The zero-order chi connectivity index (χ0) is 11.3. The molecule has 15 heavy (non-hydrogen) atoms. The monoisotopic (exact) mass is 228 g/mol. The lowest BCUT2D eigenvalue weighted by atomic mass is 9.79. The van der Waals surface area contributed by atoms with Crippen LogP contribution < -0.4 is 5.46 Å². The average molecular weight is 228 g/mol. The minimum absolute atomic E-state index is 0.216. The predicted molar refractivity (Wildman–Crippen MR) is 57.0 cm³/mol. The van der Waals surface area contributed by atoms with Crippen LogP contribution in [-0.2, 0) is 16.0 Å². The van der Waals surface area contributed by atoms with Crippen molar-refractivity contribution in [3.8, 4) is 0 Å². The molecule has 1 aromatic carbocycles. The van der Waals surface area contributed by atoms with E-state index in [4.69, 9.17) is 21.6 Å². The van der Waals surface area contributed by atoms with Gasteiger partial charge in [-0.2, -0.15) is 0 Å². The van der Waals surface area contributed by atoms with Gasteiger partial charge in [-0.1, -0.05) is 23.7 Å². The number of carbonyl (C=O) groups is 1. The van der Waals surface area contributed by atoms with Crippen molar-refractivity contribution >= 4 is 30.7 Å². The Morgan fingerprint density at radius 3 is 2.80 bits per heavy atom. The lowest BCUT2D eigenvalue weighted by Gasteiger charge is -2.06. The fourth-order valence-electron chi connectivity index (χ4n) is 1.16. The molecule has 0 saturated carbocycles. The van der Waals surface area contributed by atoms with Crippen LogP contribution in [0.1, 0.15) is 5.56 Å². The predicted octanol–water partition coefficient (Wildman–Crippen LogP) is -0.265. The SMILES string of the molecule is O=COCCc1cc(B(O)O)ccc1Cl. The topological polar surface area (TPSA) is 66.8 Å². The standard InChI is InChI=1S/C9H10BClO4/c11-9-2-1-8(10(13)14)5-7(9)3-4-15-6-12/h1-2,5-6,13-14H,3-4H2. The van der Waals surface area contributed by atoms with Crippen LogP contribution in [0, 0.1) is 0 Å². The summed E-state index contributed by atoms with van der Waals surface area (Å²) in [6.45, 7) is 0.576. The molecule has 0 aromatic heterocycles. The second kappa shape index (κ2) is 5.75. The van der Waals surface area contributed by atoms with E-state index in [0.717, 1.165) is 0 Å². The molecule has 0 aliphatic heterocycles. The number of hydrogen-bond acceptors (Lipinski definition) is 4. The molecule has 6 heteroatoms. The maximum Gasteiger partial charge on any atom is 0.488 e. The van der Waals surface area contributed by atoms with E-state index in [2.05, 4.69) is 4.74 Å². The zero-order valence-electron chi connectivity index (χ0n) is 7.89. The number of rotatable bonds is 5.